The number of carbonyl (C=O) groups is 1. The molecule has 0 saturated heterocycles. The molecule has 0 N–H and O–H groups in total. The van der Waals surface area contributed by atoms with E-state index in [4.69, 9.17) is 4.74 Å². The summed E-state index contributed by atoms with van der Waals surface area (Å²) in [4.78, 5) is 11.3. The number of hydrogen-bond acceptors (Lipinski definition) is 2. The fraction of sp³-hybridized carbons (Fsp3) is 0.400. The van der Waals surface area contributed by atoms with Gasteiger partial charge in [0.1, 0.15) is 12.1 Å². The van der Waals surface area contributed by atoms with Gasteiger partial charge in [-0.05, 0) is 6.07 Å². The fourth-order valence-electron chi connectivity index (χ4n) is 1.78. The van der Waals surface area contributed by atoms with Gasteiger partial charge in [-0.2, -0.15) is 0 Å². The number of aromatic nitrogens is 1. The van der Waals surface area contributed by atoms with Gasteiger partial charge in [0.15, 0.2) is 11.9 Å². The molecule has 2 heterocycles. The summed E-state index contributed by atoms with van der Waals surface area (Å²) in [6, 6.07) is 3.71. The molecule has 1 aromatic rings. The number of hydrogen-bond donors (Lipinski definition) is 0. The number of rotatable bonds is 1. The predicted molar refractivity (Wildman–Crippen MR) is 46.3 cm³/mol. The van der Waals surface area contributed by atoms with Gasteiger partial charge >= 0.3 is 5.97 Å². The van der Waals surface area contributed by atoms with Crippen molar-refractivity contribution in [3.05, 3.63) is 29.6 Å². The van der Waals surface area contributed by atoms with Crippen molar-refractivity contribution in [2.45, 2.75) is 19.4 Å². The average molecular weight is 178 g/mol. The average Bonchev–Trinajstić information content (AvgIpc) is 2.63. The van der Waals surface area contributed by atoms with Gasteiger partial charge in [0.05, 0.1) is 7.11 Å². The molecule has 13 heavy (non-hydrogen) atoms. The zero-order valence-electron chi connectivity index (χ0n) is 7.62. The van der Waals surface area contributed by atoms with E-state index in [2.05, 4.69) is 4.57 Å². The summed E-state index contributed by atoms with van der Waals surface area (Å²) in [6.07, 6.45) is 4.11. The van der Waals surface area contributed by atoms with E-state index in [9.17, 15) is 4.79 Å². The lowest BCUT2D eigenvalue weighted by Gasteiger charge is -1.99. The predicted octanol–water partition coefficient (Wildman–Crippen LogP) is 0.707. The maximum atomic E-state index is 11.3. The zero-order valence-corrected chi connectivity index (χ0v) is 7.62. The first kappa shape index (κ1) is 8.23. The molecule has 0 bridgehead atoms. The minimum Gasteiger partial charge on any atom is -0.465 e. The maximum Gasteiger partial charge on any atom is 0.344 e. The second-order valence-corrected chi connectivity index (χ2v) is 3.16. The Morgan fingerprint density at radius 2 is 2.46 bits per heavy atom. The van der Waals surface area contributed by atoms with Crippen LogP contribution >= 0.6 is 0 Å². The molecule has 0 radical (unpaired) electrons. The number of methoxy groups -OCH3 is 1. The molecule has 1 aliphatic heterocycles. The molecule has 0 aromatic carbocycles. The number of fused-ring (bicyclic) bond motifs is 1. The molecule has 0 saturated carbocycles. The minimum atomic E-state index is -0.230. The van der Waals surface area contributed by atoms with Crippen LogP contribution in [-0.4, -0.2) is 13.1 Å². The number of esters is 1. The molecule has 1 aromatic heterocycles. The van der Waals surface area contributed by atoms with Crippen LogP contribution in [0.5, 0.6) is 0 Å². The van der Waals surface area contributed by atoms with Crippen LogP contribution in [0.15, 0.2) is 18.3 Å². The quantitative estimate of drug-likeness (QED) is 0.468. The van der Waals surface area contributed by atoms with E-state index < -0.39 is 0 Å². The number of nitrogens with zero attached hydrogens (tertiary/aromatic N) is 1. The molecule has 2 rings (SSSR count). The van der Waals surface area contributed by atoms with Crippen molar-refractivity contribution < 1.29 is 14.1 Å². The van der Waals surface area contributed by atoms with E-state index in [1.54, 1.807) is 0 Å². The van der Waals surface area contributed by atoms with Gasteiger partial charge in [0.25, 0.3) is 0 Å². The van der Waals surface area contributed by atoms with Crippen molar-refractivity contribution in [3.8, 4) is 0 Å². The molecule has 0 aliphatic carbocycles. The summed E-state index contributed by atoms with van der Waals surface area (Å²) in [5, 5.41) is 0. The molecule has 0 spiro atoms. The highest BCUT2D eigenvalue weighted by atomic mass is 16.5. The summed E-state index contributed by atoms with van der Waals surface area (Å²) >= 11 is 0. The Morgan fingerprint density at radius 1 is 1.62 bits per heavy atom. The SMILES string of the molecule is COC(=O)c1ccc[n+]2c1CCC2. The summed E-state index contributed by atoms with van der Waals surface area (Å²) in [7, 11) is 1.42. The molecule has 0 unspecified atom stereocenters. The lowest BCUT2D eigenvalue weighted by atomic mass is 10.1. The van der Waals surface area contributed by atoms with E-state index in [1.807, 2.05) is 18.3 Å². The number of pyridine rings is 1. The van der Waals surface area contributed by atoms with Crippen LogP contribution < -0.4 is 4.57 Å². The molecule has 68 valence electrons. The standard InChI is InChI=1S/C10H12NO2/c1-13-10(12)8-4-2-6-11-7-3-5-9(8)11/h2,4,6H,3,5,7H2,1H3/q+1. The summed E-state index contributed by atoms with van der Waals surface area (Å²) in [6.45, 7) is 1.01. The Hall–Kier alpha value is -1.38. The van der Waals surface area contributed by atoms with Gasteiger partial charge in [-0.3, -0.25) is 0 Å². The Labute approximate surface area is 77.0 Å². The van der Waals surface area contributed by atoms with Crippen LogP contribution in [-0.2, 0) is 17.7 Å². The lowest BCUT2D eigenvalue weighted by molar-refractivity contribution is -0.690. The molecular formula is C10H12NO2+. The molecule has 0 fully saturated rings. The van der Waals surface area contributed by atoms with Crippen LogP contribution in [0.25, 0.3) is 0 Å². The first-order chi connectivity index (χ1) is 6.33. The largest absolute Gasteiger partial charge is 0.465 e. The second kappa shape index (κ2) is 3.17. The van der Waals surface area contributed by atoms with Crippen LogP contribution in [0.2, 0.25) is 0 Å². The third kappa shape index (κ3) is 1.30. The first-order valence-corrected chi connectivity index (χ1v) is 4.42. The topological polar surface area (TPSA) is 30.2 Å². The van der Waals surface area contributed by atoms with Crippen LogP contribution in [0.1, 0.15) is 22.5 Å². The van der Waals surface area contributed by atoms with Gasteiger partial charge in [0, 0.05) is 18.9 Å². The zero-order chi connectivity index (χ0) is 9.26. The van der Waals surface area contributed by atoms with Gasteiger partial charge in [-0.15, -0.1) is 0 Å². The van der Waals surface area contributed by atoms with Crippen molar-refractivity contribution in [1.29, 1.82) is 0 Å². The van der Waals surface area contributed by atoms with Crippen molar-refractivity contribution in [2.75, 3.05) is 7.11 Å². The normalized spacial score (nSPS) is 13.9. The molecule has 1 aliphatic rings. The highest BCUT2D eigenvalue weighted by molar-refractivity contribution is 5.90. The number of carbonyl (C=O) groups excluding carboxylic acids is 1. The van der Waals surface area contributed by atoms with E-state index in [-0.39, 0.29) is 5.97 Å². The third-order valence-electron chi connectivity index (χ3n) is 2.40. The number of aryl methyl sites for hydroxylation is 1. The Balaban J connectivity index is 2.47. The smallest absolute Gasteiger partial charge is 0.344 e. The van der Waals surface area contributed by atoms with Crippen LogP contribution in [0, 0.1) is 0 Å². The Morgan fingerprint density at radius 3 is 3.23 bits per heavy atom. The van der Waals surface area contributed by atoms with E-state index in [1.165, 1.54) is 7.11 Å². The first-order valence-electron chi connectivity index (χ1n) is 4.42. The van der Waals surface area contributed by atoms with E-state index >= 15 is 0 Å². The van der Waals surface area contributed by atoms with Crippen molar-refractivity contribution in [2.24, 2.45) is 0 Å². The molecule has 0 amide bonds. The maximum absolute atomic E-state index is 11.3. The van der Waals surface area contributed by atoms with Crippen LogP contribution in [0.3, 0.4) is 0 Å². The minimum absolute atomic E-state index is 0.230. The summed E-state index contributed by atoms with van der Waals surface area (Å²) < 4.78 is 6.83. The van der Waals surface area contributed by atoms with E-state index in [0.717, 1.165) is 25.1 Å². The highest BCUT2D eigenvalue weighted by Gasteiger charge is 2.25. The van der Waals surface area contributed by atoms with Gasteiger partial charge in [0.2, 0.25) is 0 Å². The highest BCUT2D eigenvalue weighted by Crippen LogP contribution is 2.12. The molecule has 3 heteroatoms. The monoisotopic (exact) mass is 178 g/mol. The van der Waals surface area contributed by atoms with Gasteiger partial charge in [-0.25, -0.2) is 9.36 Å². The van der Waals surface area contributed by atoms with Crippen molar-refractivity contribution >= 4 is 5.97 Å². The third-order valence-corrected chi connectivity index (χ3v) is 2.40. The second-order valence-electron chi connectivity index (χ2n) is 3.16. The number of ether oxygens (including phenoxy) is 1. The fourth-order valence-corrected chi connectivity index (χ4v) is 1.78. The van der Waals surface area contributed by atoms with Crippen molar-refractivity contribution in [1.82, 2.24) is 0 Å². The van der Waals surface area contributed by atoms with Gasteiger partial charge in [-0.1, -0.05) is 0 Å². The Kier molecular flexibility index (Phi) is 2.00. The molecule has 3 nitrogen and oxygen atoms in total. The van der Waals surface area contributed by atoms with Gasteiger partial charge < -0.3 is 4.74 Å². The van der Waals surface area contributed by atoms with Crippen LogP contribution in [0.4, 0.5) is 0 Å². The summed E-state index contributed by atoms with van der Waals surface area (Å²) in [5.41, 5.74) is 1.82. The van der Waals surface area contributed by atoms with E-state index in [0.29, 0.717) is 5.56 Å². The molecular weight excluding hydrogens is 166 g/mol. The van der Waals surface area contributed by atoms with Crippen molar-refractivity contribution in [3.63, 3.8) is 0 Å². The summed E-state index contributed by atoms with van der Waals surface area (Å²) in [5.74, 6) is -0.230. The molecule has 0 atom stereocenters. The Bertz CT molecular complexity index is 347. The lowest BCUT2D eigenvalue weighted by Crippen LogP contribution is -2.34.